The van der Waals surface area contributed by atoms with Gasteiger partial charge in [0.1, 0.15) is 11.9 Å². The summed E-state index contributed by atoms with van der Waals surface area (Å²) in [5, 5.41) is 0. The number of rotatable bonds is 13. The van der Waals surface area contributed by atoms with Gasteiger partial charge in [0.05, 0.1) is 13.2 Å². The molecule has 2 aliphatic heterocycles. The number of hydrogen-bond acceptors (Lipinski definition) is 5. The molecule has 2 aromatic carbocycles. The van der Waals surface area contributed by atoms with Crippen molar-refractivity contribution in [3.63, 3.8) is 0 Å². The summed E-state index contributed by atoms with van der Waals surface area (Å²) in [6, 6.07) is 14.7. The normalized spacial score (nSPS) is 18.6. The average molecular weight is 608 g/mol. The first kappa shape index (κ1) is 27.2. The van der Waals surface area contributed by atoms with Crippen LogP contribution in [0.2, 0.25) is 0 Å². The monoisotopic (exact) mass is 607 g/mol. The molecule has 2 aliphatic rings. The molecule has 1 fully saturated rings. The summed E-state index contributed by atoms with van der Waals surface area (Å²) in [5.41, 5.74) is 3.39. The molecule has 4 rings (SSSR count). The molecule has 0 spiro atoms. The van der Waals surface area contributed by atoms with Crippen molar-refractivity contribution in [2.75, 3.05) is 26.3 Å². The second-order valence-corrected chi connectivity index (χ2v) is 11.3. The Kier molecular flexibility index (Phi) is 9.90. The largest absolute Gasteiger partial charge is 0.463 e. The van der Waals surface area contributed by atoms with Crippen LogP contribution in [0.1, 0.15) is 75.2 Å². The standard InChI is InChI=1S/C29H38INO5/c1-29(2)34-21-24-19-23(12-15-26(24)36-29)27-20-31(28(32)35-27)16-6-3-4-7-17-33-18-8-5-9-22-10-13-25(30)14-11-22/h10-15,19,27H,3-9,16-18,20-21H2,1-2H3/t27-/m0/s1. The van der Waals surface area contributed by atoms with Crippen molar-refractivity contribution in [2.45, 2.75) is 77.3 Å². The molecule has 196 valence electrons. The fourth-order valence-electron chi connectivity index (χ4n) is 4.57. The van der Waals surface area contributed by atoms with Gasteiger partial charge in [-0.2, -0.15) is 0 Å². The Morgan fingerprint density at radius 2 is 1.75 bits per heavy atom. The first-order valence-electron chi connectivity index (χ1n) is 13.1. The summed E-state index contributed by atoms with van der Waals surface area (Å²) < 4.78 is 24.3. The average Bonchev–Trinajstić information content (AvgIpc) is 3.23. The number of hydrogen-bond donors (Lipinski definition) is 0. The third-order valence-electron chi connectivity index (χ3n) is 6.66. The number of cyclic esters (lactones) is 1. The van der Waals surface area contributed by atoms with Gasteiger partial charge in [-0.3, -0.25) is 0 Å². The van der Waals surface area contributed by atoms with E-state index >= 15 is 0 Å². The number of aryl methyl sites for hydroxylation is 1. The highest BCUT2D eigenvalue weighted by molar-refractivity contribution is 14.1. The van der Waals surface area contributed by atoms with Gasteiger partial charge in [-0.05, 0) is 90.1 Å². The van der Waals surface area contributed by atoms with E-state index in [2.05, 4.69) is 46.9 Å². The Morgan fingerprint density at radius 1 is 1.00 bits per heavy atom. The fraction of sp³-hybridized carbons (Fsp3) is 0.552. The van der Waals surface area contributed by atoms with Crippen LogP contribution in [0.15, 0.2) is 42.5 Å². The second-order valence-electron chi connectivity index (χ2n) is 10.1. The van der Waals surface area contributed by atoms with E-state index in [4.69, 9.17) is 18.9 Å². The number of benzene rings is 2. The molecule has 0 unspecified atom stereocenters. The lowest BCUT2D eigenvalue weighted by Crippen LogP contribution is -2.35. The van der Waals surface area contributed by atoms with Gasteiger partial charge in [-0.25, -0.2) is 4.79 Å². The summed E-state index contributed by atoms with van der Waals surface area (Å²) in [6.45, 7) is 7.29. The minimum atomic E-state index is -0.612. The first-order chi connectivity index (χ1) is 17.4. The van der Waals surface area contributed by atoms with Crippen LogP contribution in [0.5, 0.6) is 5.75 Å². The predicted octanol–water partition coefficient (Wildman–Crippen LogP) is 7.03. The summed E-state index contributed by atoms with van der Waals surface area (Å²) >= 11 is 2.34. The maximum atomic E-state index is 12.4. The molecule has 0 aromatic heterocycles. The number of amides is 1. The number of nitrogens with zero attached hydrogens (tertiary/aromatic N) is 1. The van der Waals surface area contributed by atoms with Crippen LogP contribution in [-0.2, 0) is 27.2 Å². The first-order valence-corrected chi connectivity index (χ1v) is 14.2. The van der Waals surface area contributed by atoms with Crippen LogP contribution in [0.25, 0.3) is 0 Å². The molecule has 0 N–H and O–H groups in total. The smallest absolute Gasteiger partial charge is 0.410 e. The minimum absolute atomic E-state index is 0.222. The third kappa shape index (κ3) is 8.08. The Bertz CT molecular complexity index is 994. The van der Waals surface area contributed by atoms with Gasteiger partial charge in [-0.1, -0.05) is 31.0 Å². The van der Waals surface area contributed by atoms with Crippen molar-refractivity contribution in [3.8, 4) is 5.75 Å². The molecule has 2 heterocycles. The summed E-state index contributed by atoms with van der Waals surface area (Å²) in [5.74, 6) is 0.223. The van der Waals surface area contributed by atoms with Crippen LogP contribution in [0, 0.1) is 3.57 Å². The quantitative estimate of drug-likeness (QED) is 0.181. The Morgan fingerprint density at radius 3 is 2.56 bits per heavy atom. The summed E-state index contributed by atoms with van der Waals surface area (Å²) in [7, 11) is 0. The zero-order valence-electron chi connectivity index (χ0n) is 21.5. The molecular formula is C29H38INO5. The minimum Gasteiger partial charge on any atom is -0.463 e. The third-order valence-corrected chi connectivity index (χ3v) is 7.38. The molecule has 6 nitrogen and oxygen atoms in total. The van der Waals surface area contributed by atoms with Crippen molar-refractivity contribution in [1.82, 2.24) is 4.90 Å². The van der Waals surface area contributed by atoms with E-state index in [0.29, 0.717) is 13.2 Å². The molecule has 1 saturated heterocycles. The molecular weight excluding hydrogens is 569 g/mol. The number of carbonyl (C=O) groups is 1. The second kappa shape index (κ2) is 13.1. The molecule has 0 radical (unpaired) electrons. The van der Waals surface area contributed by atoms with Crippen molar-refractivity contribution in [3.05, 3.63) is 62.7 Å². The zero-order chi connectivity index (χ0) is 25.4. The van der Waals surface area contributed by atoms with Crippen LogP contribution >= 0.6 is 22.6 Å². The van der Waals surface area contributed by atoms with Crippen molar-refractivity contribution in [2.24, 2.45) is 0 Å². The van der Waals surface area contributed by atoms with E-state index in [9.17, 15) is 4.79 Å². The van der Waals surface area contributed by atoms with E-state index in [1.807, 2.05) is 36.9 Å². The van der Waals surface area contributed by atoms with Crippen molar-refractivity contribution >= 4 is 28.7 Å². The summed E-state index contributed by atoms with van der Waals surface area (Å²) in [6.07, 6.45) is 7.19. The Hall–Kier alpha value is -1.84. The SMILES string of the molecule is CC1(C)OCc2cc([C@@H]3CN(CCCCCCOCCCCc4ccc(I)cc4)C(=O)O3)ccc2O1. The number of halogens is 1. The number of unbranched alkanes of at least 4 members (excludes halogenated alkanes) is 4. The molecule has 7 heteroatoms. The number of fused-ring (bicyclic) bond motifs is 1. The molecule has 36 heavy (non-hydrogen) atoms. The molecule has 0 aliphatic carbocycles. The van der Waals surface area contributed by atoms with Gasteiger partial charge in [-0.15, -0.1) is 0 Å². The summed E-state index contributed by atoms with van der Waals surface area (Å²) in [4.78, 5) is 14.2. The van der Waals surface area contributed by atoms with E-state index in [0.717, 1.165) is 75.2 Å². The zero-order valence-corrected chi connectivity index (χ0v) is 23.6. The van der Waals surface area contributed by atoms with E-state index < -0.39 is 5.79 Å². The molecule has 2 aromatic rings. The van der Waals surface area contributed by atoms with Gasteiger partial charge >= 0.3 is 6.09 Å². The number of carbonyl (C=O) groups excluding carboxylic acids is 1. The lowest BCUT2D eigenvalue weighted by Gasteiger charge is -2.32. The maximum Gasteiger partial charge on any atom is 0.410 e. The predicted molar refractivity (Wildman–Crippen MR) is 148 cm³/mol. The van der Waals surface area contributed by atoms with Gasteiger partial charge in [0.15, 0.2) is 0 Å². The maximum absolute atomic E-state index is 12.4. The highest BCUT2D eigenvalue weighted by Crippen LogP contribution is 2.35. The van der Waals surface area contributed by atoms with E-state index in [1.54, 1.807) is 0 Å². The van der Waals surface area contributed by atoms with Gasteiger partial charge in [0, 0.05) is 42.7 Å². The van der Waals surface area contributed by atoms with Crippen LogP contribution < -0.4 is 4.74 Å². The lowest BCUT2D eigenvalue weighted by molar-refractivity contribution is -0.180. The Balaban J connectivity index is 1.04. The van der Waals surface area contributed by atoms with Crippen LogP contribution in [0.3, 0.4) is 0 Å². The van der Waals surface area contributed by atoms with Gasteiger partial charge < -0.3 is 23.8 Å². The topological polar surface area (TPSA) is 57.2 Å². The van der Waals surface area contributed by atoms with E-state index in [1.165, 1.54) is 15.6 Å². The molecule has 0 saturated carbocycles. The van der Waals surface area contributed by atoms with Crippen LogP contribution in [0.4, 0.5) is 4.79 Å². The molecule has 1 amide bonds. The van der Waals surface area contributed by atoms with Gasteiger partial charge in [0.25, 0.3) is 0 Å². The fourth-order valence-corrected chi connectivity index (χ4v) is 4.93. The lowest BCUT2D eigenvalue weighted by atomic mass is 10.0. The molecule has 1 atom stereocenters. The highest BCUT2D eigenvalue weighted by Gasteiger charge is 2.33. The van der Waals surface area contributed by atoms with Crippen molar-refractivity contribution in [1.29, 1.82) is 0 Å². The van der Waals surface area contributed by atoms with E-state index in [-0.39, 0.29) is 12.2 Å². The van der Waals surface area contributed by atoms with Crippen LogP contribution in [-0.4, -0.2) is 43.1 Å². The molecule has 0 bridgehead atoms. The van der Waals surface area contributed by atoms with Crippen molar-refractivity contribution < 1.29 is 23.7 Å². The van der Waals surface area contributed by atoms with Gasteiger partial charge in [0.2, 0.25) is 5.79 Å². The number of ether oxygens (including phenoxy) is 4. The highest BCUT2D eigenvalue weighted by atomic mass is 127. The Labute approximate surface area is 228 Å².